The highest BCUT2D eigenvalue weighted by Crippen LogP contribution is 2.37. The van der Waals surface area contributed by atoms with Crippen molar-refractivity contribution in [3.05, 3.63) is 34.9 Å². The highest BCUT2D eigenvalue weighted by atomic mass is 16.1. The minimum Gasteiger partial charge on any atom is -0.299 e. The molecule has 1 aromatic rings. The van der Waals surface area contributed by atoms with Gasteiger partial charge in [-0.2, -0.15) is 0 Å². The molecule has 0 bridgehead atoms. The quantitative estimate of drug-likeness (QED) is 0.458. The second-order valence-corrected chi connectivity index (χ2v) is 7.27. The van der Waals surface area contributed by atoms with Crippen LogP contribution in [-0.4, -0.2) is 5.78 Å². The largest absolute Gasteiger partial charge is 0.299 e. The molecule has 1 aliphatic carbocycles. The second kappa shape index (κ2) is 9.90. The van der Waals surface area contributed by atoms with Crippen molar-refractivity contribution in [3.8, 4) is 0 Å². The smallest absolute Gasteiger partial charge is 0.137 e. The summed E-state index contributed by atoms with van der Waals surface area (Å²) in [6.45, 7) is 4.52. The number of benzene rings is 1. The number of hydrogen-bond donors (Lipinski definition) is 0. The molecule has 2 rings (SSSR count). The number of aryl methyl sites for hydroxylation is 1. The van der Waals surface area contributed by atoms with Crippen molar-refractivity contribution in [2.24, 2.45) is 0 Å². The molecule has 0 spiro atoms. The predicted molar refractivity (Wildman–Crippen MR) is 99.1 cm³/mol. The number of carbonyl (C=O) groups is 1. The Bertz CT molecular complexity index is 489. The summed E-state index contributed by atoms with van der Waals surface area (Å²) >= 11 is 0. The molecule has 0 saturated carbocycles. The van der Waals surface area contributed by atoms with Crippen LogP contribution in [0.3, 0.4) is 0 Å². The molecule has 1 heteroatoms. The molecular weight excluding hydrogens is 280 g/mol. The molecule has 0 fully saturated rings. The van der Waals surface area contributed by atoms with Gasteiger partial charge in [-0.25, -0.2) is 0 Å². The van der Waals surface area contributed by atoms with Gasteiger partial charge in [0, 0.05) is 12.8 Å². The molecular formula is C22H34O. The molecule has 0 radical (unpaired) electrons. The van der Waals surface area contributed by atoms with Crippen molar-refractivity contribution in [3.63, 3.8) is 0 Å². The number of ketones is 1. The minimum atomic E-state index is 0.445. The van der Waals surface area contributed by atoms with Crippen LogP contribution in [0.2, 0.25) is 0 Å². The Morgan fingerprint density at radius 1 is 0.957 bits per heavy atom. The van der Waals surface area contributed by atoms with Crippen LogP contribution in [0.5, 0.6) is 0 Å². The number of unbranched alkanes of at least 4 members (excludes halogenated alkanes) is 6. The first-order valence-corrected chi connectivity index (χ1v) is 9.88. The van der Waals surface area contributed by atoms with E-state index in [9.17, 15) is 4.79 Å². The van der Waals surface area contributed by atoms with Gasteiger partial charge in [0.1, 0.15) is 5.78 Å². The van der Waals surface area contributed by atoms with Gasteiger partial charge in [0.15, 0.2) is 0 Å². The summed E-state index contributed by atoms with van der Waals surface area (Å²) in [5.74, 6) is 0.937. The number of carbonyl (C=O) groups excluding carboxylic acids is 1. The summed E-state index contributed by atoms with van der Waals surface area (Å²) in [5.41, 5.74) is 4.42. The predicted octanol–water partition coefficient (Wildman–Crippen LogP) is 6.38. The third-order valence-electron chi connectivity index (χ3n) is 5.26. The van der Waals surface area contributed by atoms with E-state index < -0.39 is 0 Å². The van der Waals surface area contributed by atoms with Crippen LogP contribution in [-0.2, 0) is 17.6 Å². The first kappa shape index (κ1) is 18.2. The monoisotopic (exact) mass is 314 g/mol. The number of Topliss-reactive ketones (excluding diaryl/α,β-unsaturated/α-hetero) is 1. The zero-order valence-electron chi connectivity index (χ0n) is 15.2. The van der Waals surface area contributed by atoms with E-state index in [0.717, 1.165) is 6.42 Å². The highest BCUT2D eigenvalue weighted by Gasteiger charge is 2.26. The standard InChI is InChI=1S/C22H34O/c1-3-5-7-9-12-18-14-11-15-20-17-21(23)16-19(22(18)20)13-10-8-6-4-2/h11,14-15,19H,3-10,12-13,16-17H2,1-2H3. The van der Waals surface area contributed by atoms with Crippen molar-refractivity contribution >= 4 is 5.78 Å². The molecule has 0 aromatic heterocycles. The van der Waals surface area contributed by atoms with Crippen LogP contribution in [0.4, 0.5) is 0 Å². The van der Waals surface area contributed by atoms with Gasteiger partial charge in [0.25, 0.3) is 0 Å². The van der Waals surface area contributed by atoms with Gasteiger partial charge in [0.05, 0.1) is 0 Å². The third-order valence-corrected chi connectivity index (χ3v) is 5.26. The van der Waals surface area contributed by atoms with E-state index in [1.54, 1.807) is 5.56 Å². The van der Waals surface area contributed by atoms with Crippen LogP contribution in [0.1, 0.15) is 101 Å². The SMILES string of the molecule is CCCCCCc1cccc2c1C(CCCCCC)CC(=O)C2. The van der Waals surface area contributed by atoms with Crippen molar-refractivity contribution in [1.29, 1.82) is 0 Å². The van der Waals surface area contributed by atoms with Crippen LogP contribution in [0, 0.1) is 0 Å². The van der Waals surface area contributed by atoms with Gasteiger partial charge in [-0.1, -0.05) is 77.0 Å². The zero-order chi connectivity index (χ0) is 16.5. The maximum Gasteiger partial charge on any atom is 0.137 e. The summed E-state index contributed by atoms with van der Waals surface area (Å²) < 4.78 is 0. The Kier molecular flexibility index (Phi) is 7.85. The van der Waals surface area contributed by atoms with E-state index >= 15 is 0 Å². The molecule has 1 atom stereocenters. The summed E-state index contributed by atoms with van der Waals surface area (Å²) in [6, 6.07) is 6.68. The molecule has 23 heavy (non-hydrogen) atoms. The van der Waals surface area contributed by atoms with Crippen molar-refractivity contribution in [2.75, 3.05) is 0 Å². The van der Waals surface area contributed by atoms with E-state index in [4.69, 9.17) is 0 Å². The lowest BCUT2D eigenvalue weighted by Gasteiger charge is -2.27. The van der Waals surface area contributed by atoms with Crippen molar-refractivity contribution in [1.82, 2.24) is 0 Å². The Labute approximate surface area is 142 Å². The molecule has 1 aromatic carbocycles. The fourth-order valence-electron chi connectivity index (χ4n) is 4.03. The van der Waals surface area contributed by atoms with E-state index in [1.165, 1.54) is 75.3 Å². The molecule has 0 saturated heterocycles. The van der Waals surface area contributed by atoms with Crippen molar-refractivity contribution < 1.29 is 4.79 Å². The Balaban J connectivity index is 2.06. The summed E-state index contributed by atoms with van der Waals surface area (Å²) in [5, 5.41) is 0. The first-order valence-electron chi connectivity index (χ1n) is 9.88. The highest BCUT2D eigenvalue weighted by molar-refractivity contribution is 5.84. The third kappa shape index (κ3) is 5.48. The van der Waals surface area contributed by atoms with Crippen molar-refractivity contribution in [2.45, 2.75) is 96.8 Å². The molecule has 0 aliphatic heterocycles. The molecule has 0 amide bonds. The van der Waals surface area contributed by atoms with Crippen LogP contribution in [0.25, 0.3) is 0 Å². The number of fused-ring (bicyclic) bond motifs is 1. The number of rotatable bonds is 10. The first-order chi connectivity index (χ1) is 11.3. The Hall–Kier alpha value is -1.11. The van der Waals surface area contributed by atoms with Gasteiger partial charge >= 0.3 is 0 Å². The topological polar surface area (TPSA) is 17.1 Å². The van der Waals surface area contributed by atoms with E-state index in [0.29, 0.717) is 18.1 Å². The second-order valence-electron chi connectivity index (χ2n) is 7.27. The Morgan fingerprint density at radius 2 is 1.70 bits per heavy atom. The van der Waals surface area contributed by atoms with Gasteiger partial charge in [0.2, 0.25) is 0 Å². The van der Waals surface area contributed by atoms with E-state index in [1.807, 2.05) is 0 Å². The molecule has 0 heterocycles. The van der Waals surface area contributed by atoms with Gasteiger partial charge in [-0.3, -0.25) is 4.79 Å². The van der Waals surface area contributed by atoms with E-state index in [-0.39, 0.29) is 0 Å². The maximum atomic E-state index is 12.1. The molecule has 1 nitrogen and oxygen atoms in total. The van der Waals surface area contributed by atoms with Crippen LogP contribution < -0.4 is 0 Å². The van der Waals surface area contributed by atoms with Gasteiger partial charge in [-0.05, 0) is 41.9 Å². The molecule has 0 N–H and O–H groups in total. The summed E-state index contributed by atoms with van der Waals surface area (Å²) in [4.78, 5) is 12.1. The lowest BCUT2D eigenvalue weighted by Crippen LogP contribution is -2.20. The Morgan fingerprint density at radius 3 is 2.43 bits per heavy atom. The molecule has 128 valence electrons. The zero-order valence-corrected chi connectivity index (χ0v) is 15.2. The average Bonchev–Trinajstić information content (AvgIpc) is 2.55. The lowest BCUT2D eigenvalue weighted by molar-refractivity contribution is -0.119. The summed E-state index contributed by atoms with van der Waals surface area (Å²) in [7, 11) is 0. The minimum absolute atomic E-state index is 0.445. The van der Waals surface area contributed by atoms with Gasteiger partial charge in [-0.15, -0.1) is 0 Å². The normalized spacial score (nSPS) is 17.3. The average molecular weight is 315 g/mol. The van der Waals surface area contributed by atoms with Crippen LogP contribution in [0.15, 0.2) is 18.2 Å². The van der Waals surface area contributed by atoms with Gasteiger partial charge < -0.3 is 0 Å². The fraction of sp³-hybridized carbons (Fsp3) is 0.682. The van der Waals surface area contributed by atoms with Crippen LogP contribution >= 0.6 is 0 Å². The maximum absolute atomic E-state index is 12.1. The fourth-order valence-corrected chi connectivity index (χ4v) is 4.03. The molecule has 1 unspecified atom stereocenters. The lowest BCUT2D eigenvalue weighted by atomic mass is 9.76. The molecule has 1 aliphatic rings. The number of hydrogen-bond acceptors (Lipinski definition) is 1. The van der Waals surface area contributed by atoms with E-state index in [2.05, 4.69) is 32.0 Å². The summed E-state index contributed by atoms with van der Waals surface area (Å²) in [6.07, 6.45) is 14.3.